The molecule has 3 aromatic rings. The van der Waals surface area contributed by atoms with Gasteiger partial charge in [-0.3, -0.25) is 0 Å². The van der Waals surface area contributed by atoms with Gasteiger partial charge in [0.05, 0.1) is 31.0 Å². The predicted octanol–water partition coefficient (Wildman–Crippen LogP) is 5.30. The average molecular weight is 384 g/mol. The van der Waals surface area contributed by atoms with Crippen LogP contribution in [0.1, 0.15) is 24.4 Å². The summed E-state index contributed by atoms with van der Waals surface area (Å²) in [6, 6.07) is 15.5. The second-order valence-corrected chi connectivity index (χ2v) is 6.53. The molecule has 0 amide bonds. The molecule has 6 heteroatoms. The summed E-state index contributed by atoms with van der Waals surface area (Å²) < 4.78 is 10.6. The summed E-state index contributed by atoms with van der Waals surface area (Å²) in [7, 11) is 3.26. The number of methoxy groups -OCH3 is 2. The fraction of sp³-hybridized carbons (Fsp3) is 0.238. The Morgan fingerprint density at radius 1 is 1.00 bits per heavy atom. The lowest BCUT2D eigenvalue weighted by Gasteiger charge is -2.17. The standard InChI is InChI=1S/C21H22ClN3O2/c1-13(15-7-5-8-16(11-15)26-3)23-20-12-18(24-14(2)25-20)17-9-6-10-19(27-4)21(17)22/h5-13H,1-4H3,(H,23,24,25)/t13-/m0/s1. The van der Waals surface area contributed by atoms with Crippen molar-refractivity contribution in [1.29, 1.82) is 0 Å². The van der Waals surface area contributed by atoms with Gasteiger partial charge in [-0.05, 0) is 37.6 Å². The number of ether oxygens (including phenoxy) is 2. The van der Waals surface area contributed by atoms with Crippen molar-refractivity contribution in [3.05, 3.63) is 64.9 Å². The number of rotatable bonds is 6. The van der Waals surface area contributed by atoms with E-state index in [0.29, 0.717) is 16.6 Å². The van der Waals surface area contributed by atoms with E-state index in [9.17, 15) is 0 Å². The number of hydrogen-bond donors (Lipinski definition) is 1. The molecule has 0 spiro atoms. The van der Waals surface area contributed by atoms with E-state index in [1.807, 2.05) is 55.5 Å². The smallest absolute Gasteiger partial charge is 0.138 e. The highest BCUT2D eigenvalue weighted by Crippen LogP contribution is 2.35. The Labute approximate surface area is 164 Å². The molecule has 140 valence electrons. The molecule has 0 unspecified atom stereocenters. The summed E-state index contributed by atoms with van der Waals surface area (Å²) in [5.41, 5.74) is 2.65. The average Bonchev–Trinajstić information content (AvgIpc) is 2.67. The summed E-state index contributed by atoms with van der Waals surface area (Å²) in [5.74, 6) is 2.83. The summed E-state index contributed by atoms with van der Waals surface area (Å²) in [6.07, 6.45) is 0. The van der Waals surface area contributed by atoms with Crippen LogP contribution in [0.2, 0.25) is 5.02 Å². The molecule has 0 aliphatic carbocycles. The van der Waals surface area contributed by atoms with Gasteiger partial charge in [0, 0.05) is 11.6 Å². The number of nitrogens with zero attached hydrogens (tertiary/aromatic N) is 2. The molecular weight excluding hydrogens is 362 g/mol. The zero-order valence-electron chi connectivity index (χ0n) is 15.8. The van der Waals surface area contributed by atoms with E-state index in [-0.39, 0.29) is 6.04 Å². The topological polar surface area (TPSA) is 56.3 Å². The van der Waals surface area contributed by atoms with E-state index >= 15 is 0 Å². The van der Waals surface area contributed by atoms with Gasteiger partial charge in [-0.1, -0.05) is 35.9 Å². The van der Waals surface area contributed by atoms with Crippen LogP contribution in [0.25, 0.3) is 11.3 Å². The normalized spacial score (nSPS) is 11.7. The van der Waals surface area contributed by atoms with Crippen LogP contribution in [-0.2, 0) is 0 Å². The SMILES string of the molecule is COc1cccc([C@H](C)Nc2cc(-c3cccc(OC)c3Cl)nc(C)n2)c1. The number of hydrogen-bond acceptors (Lipinski definition) is 5. The lowest BCUT2D eigenvalue weighted by molar-refractivity contribution is 0.414. The number of aryl methyl sites for hydroxylation is 1. The first-order valence-corrected chi connectivity index (χ1v) is 8.98. The molecule has 1 N–H and O–H groups in total. The Morgan fingerprint density at radius 3 is 2.52 bits per heavy atom. The van der Waals surface area contributed by atoms with Crippen LogP contribution in [0.3, 0.4) is 0 Å². The number of nitrogens with one attached hydrogen (secondary N) is 1. The molecule has 0 saturated carbocycles. The highest BCUT2D eigenvalue weighted by Gasteiger charge is 2.13. The fourth-order valence-corrected chi connectivity index (χ4v) is 3.16. The van der Waals surface area contributed by atoms with Crippen molar-refractivity contribution in [2.24, 2.45) is 0 Å². The van der Waals surface area contributed by atoms with Gasteiger partial charge in [-0.2, -0.15) is 0 Å². The molecule has 0 radical (unpaired) electrons. The van der Waals surface area contributed by atoms with E-state index < -0.39 is 0 Å². The quantitative estimate of drug-likeness (QED) is 0.626. The van der Waals surface area contributed by atoms with Crippen LogP contribution in [-0.4, -0.2) is 24.2 Å². The van der Waals surface area contributed by atoms with Gasteiger partial charge >= 0.3 is 0 Å². The second-order valence-electron chi connectivity index (χ2n) is 6.15. The third kappa shape index (κ3) is 4.31. The number of anilines is 1. The molecule has 1 heterocycles. The van der Waals surface area contributed by atoms with Crippen molar-refractivity contribution in [2.75, 3.05) is 19.5 Å². The molecule has 3 rings (SSSR count). The van der Waals surface area contributed by atoms with E-state index in [2.05, 4.69) is 22.2 Å². The van der Waals surface area contributed by atoms with Crippen molar-refractivity contribution in [2.45, 2.75) is 19.9 Å². The maximum absolute atomic E-state index is 6.46. The maximum atomic E-state index is 6.46. The molecule has 0 fully saturated rings. The minimum Gasteiger partial charge on any atom is -0.497 e. The first-order chi connectivity index (χ1) is 13.0. The highest BCUT2D eigenvalue weighted by molar-refractivity contribution is 6.34. The molecule has 0 saturated heterocycles. The summed E-state index contributed by atoms with van der Waals surface area (Å²) in [4.78, 5) is 9.05. The molecule has 0 aliphatic rings. The lowest BCUT2D eigenvalue weighted by Crippen LogP contribution is -2.09. The Bertz CT molecular complexity index is 946. The third-order valence-electron chi connectivity index (χ3n) is 4.26. The Hall–Kier alpha value is -2.79. The molecular formula is C21H22ClN3O2. The maximum Gasteiger partial charge on any atom is 0.138 e. The van der Waals surface area contributed by atoms with Crippen molar-refractivity contribution < 1.29 is 9.47 Å². The van der Waals surface area contributed by atoms with Gasteiger partial charge in [-0.25, -0.2) is 9.97 Å². The molecule has 5 nitrogen and oxygen atoms in total. The van der Waals surface area contributed by atoms with Crippen LogP contribution < -0.4 is 14.8 Å². The first kappa shape index (κ1) is 19.0. The lowest BCUT2D eigenvalue weighted by atomic mass is 10.1. The van der Waals surface area contributed by atoms with Crippen molar-refractivity contribution >= 4 is 17.4 Å². The molecule has 1 aromatic heterocycles. The summed E-state index contributed by atoms with van der Waals surface area (Å²) in [6.45, 7) is 3.93. The van der Waals surface area contributed by atoms with Crippen molar-refractivity contribution in [3.8, 4) is 22.8 Å². The van der Waals surface area contributed by atoms with Gasteiger partial charge < -0.3 is 14.8 Å². The van der Waals surface area contributed by atoms with Crippen LogP contribution >= 0.6 is 11.6 Å². The Morgan fingerprint density at radius 2 is 1.78 bits per heavy atom. The summed E-state index contributed by atoms with van der Waals surface area (Å²) >= 11 is 6.46. The van der Waals surface area contributed by atoms with Crippen molar-refractivity contribution in [3.63, 3.8) is 0 Å². The summed E-state index contributed by atoms with van der Waals surface area (Å²) in [5, 5.41) is 3.96. The van der Waals surface area contributed by atoms with Gasteiger partial charge in [-0.15, -0.1) is 0 Å². The predicted molar refractivity (Wildman–Crippen MR) is 109 cm³/mol. The number of benzene rings is 2. The number of halogens is 1. The fourth-order valence-electron chi connectivity index (χ4n) is 2.86. The Balaban J connectivity index is 1.92. The number of aromatic nitrogens is 2. The minimum absolute atomic E-state index is 0.0445. The first-order valence-electron chi connectivity index (χ1n) is 8.61. The molecule has 0 aliphatic heterocycles. The van der Waals surface area contributed by atoms with Gasteiger partial charge in [0.15, 0.2) is 0 Å². The van der Waals surface area contributed by atoms with Gasteiger partial charge in [0.2, 0.25) is 0 Å². The van der Waals surface area contributed by atoms with Crippen LogP contribution in [0.4, 0.5) is 5.82 Å². The van der Waals surface area contributed by atoms with Crippen LogP contribution in [0.15, 0.2) is 48.5 Å². The van der Waals surface area contributed by atoms with Crippen LogP contribution in [0.5, 0.6) is 11.5 Å². The zero-order chi connectivity index (χ0) is 19.4. The molecule has 1 atom stereocenters. The molecule has 27 heavy (non-hydrogen) atoms. The van der Waals surface area contributed by atoms with E-state index in [0.717, 1.165) is 28.4 Å². The highest BCUT2D eigenvalue weighted by atomic mass is 35.5. The van der Waals surface area contributed by atoms with E-state index in [1.54, 1.807) is 14.2 Å². The largest absolute Gasteiger partial charge is 0.497 e. The zero-order valence-corrected chi connectivity index (χ0v) is 16.5. The van der Waals surface area contributed by atoms with Crippen molar-refractivity contribution in [1.82, 2.24) is 9.97 Å². The molecule has 0 bridgehead atoms. The molecule has 2 aromatic carbocycles. The minimum atomic E-state index is 0.0445. The van der Waals surface area contributed by atoms with E-state index in [4.69, 9.17) is 21.1 Å². The third-order valence-corrected chi connectivity index (χ3v) is 4.65. The Kier molecular flexibility index (Phi) is 5.81. The van der Waals surface area contributed by atoms with Crippen LogP contribution in [0, 0.1) is 6.92 Å². The van der Waals surface area contributed by atoms with Gasteiger partial charge in [0.1, 0.15) is 23.1 Å². The monoisotopic (exact) mass is 383 g/mol. The van der Waals surface area contributed by atoms with Gasteiger partial charge in [0.25, 0.3) is 0 Å². The van der Waals surface area contributed by atoms with E-state index in [1.165, 1.54) is 0 Å². The second kappa shape index (κ2) is 8.27.